The van der Waals surface area contributed by atoms with Crippen LogP contribution in [0.15, 0.2) is 231 Å². The SMILES string of the molecule is CC(=O)O[C@@H](CC[C@H]1C(=O)N(c2ccc(CCc3ncn[nH]3)cc2)[C@@H]1c1ccc(CCC2(O)[C@H](OCc3ccccc3)[C@@H](OCc3ccccc3)C(OCc3ccccc3)[C@@H](OCc3ccccc3)[C@@H]2OCc2ccccc2)cc1)c1ccc(F)cc1. The summed E-state index contributed by atoms with van der Waals surface area (Å²) < 4.78 is 55.6. The van der Waals surface area contributed by atoms with Gasteiger partial charge in [-0.3, -0.25) is 14.7 Å². The van der Waals surface area contributed by atoms with Crippen molar-refractivity contribution in [2.24, 2.45) is 5.92 Å². The number of ether oxygens (including phenoxy) is 6. The molecule has 9 aromatic rings. The number of carbonyl (C=O) groups is 2. The zero-order chi connectivity index (χ0) is 59.8. The molecule has 8 aromatic carbocycles. The Morgan fingerprint density at radius 3 is 1.46 bits per heavy atom. The molecule has 1 aliphatic heterocycles. The van der Waals surface area contributed by atoms with E-state index in [9.17, 15) is 19.1 Å². The number of nitrogens with zero attached hydrogens (tertiary/aromatic N) is 3. The normalized spacial score (nSPS) is 21.3. The molecule has 0 spiro atoms. The fraction of sp³-hybridized carbons (Fsp3) is 0.288. The highest BCUT2D eigenvalue weighted by atomic mass is 19.1. The average Bonchev–Trinajstić information content (AvgIpc) is 1.05. The zero-order valence-electron chi connectivity index (χ0n) is 48.8. The second-order valence-corrected chi connectivity index (χ2v) is 22.5. The molecule has 1 saturated carbocycles. The van der Waals surface area contributed by atoms with Crippen molar-refractivity contribution in [3.05, 3.63) is 292 Å². The van der Waals surface area contributed by atoms with Gasteiger partial charge in [-0.15, -0.1) is 0 Å². The number of amides is 1. The number of nitrogens with one attached hydrogen (secondary N) is 1. The Balaban J connectivity index is 0.939. The first kappa shape index (κ1) is 60.2. The number of aliphatic hydroxyl groups is 1. The summed E-state index contributed by atoms with van der Waals surface area (Å²) in [5, 5.41) is 21.2. The zero-order valence-corrected chi connectivity index (χ0v) is 48.8. The number of aromatic amines is 1. The highest BCUT2D eigenvalue weighted by Crippen LogP contribution is 2.48. The minimum atomic E-state index is -1.77. The summed E-state index contributed by atoms with van der Waals surface area (Å²) >= 11 is 0. The van der Waals surface area contributed by atoms with Crippen LogP contribution in [0.25, 0.3) is 0 Å². The van der Waals surface area contributed by atoms with Crippen LogP contribution in [-0.4, -0.2) is 68.3 Å². The Kier molecular flexibility index (Phi) is 20.3. The number of carbonyl (C=O) groups excluding carboxylic acids is 2. The van der Waals surface area contributed by atoms with E-state index in [1.54, 1.807) is 12.1 Å². The minimum Gasteiger partial charge on any atom is -0.458 e. The number of hydrogen-bond acceptors (Lipinski definition) is 11. The Morgan fingerprint density at radius 1 is 0.552 bits per heavy atom. The lowest BCUT2D eigenvalue weighted by atomic mass is 9.71. The lowest BCUT2D eigenvalue weighted by Crippen LogP contribution is -2.73. The van der Waals surface area contributed by atoms with Crippen LogP contribution >= 0.6 is 0 Å². The van der Waals surface area contributed by atoms with E-state index >= 15 is 0 Å². The van der Waals surface area contributed by atoms with Crippen molar-refractivity contribution in [2.45, 2.75) is 127 Å². The first-order valence-electron chi connectivity index (χ1n) is 29.9. The Morgan fingerprint density at radius 2 is 1.00 bits per heavy atom. The van der Waals surface area contributed by atoms with Gasteiger partial charge < -0.3 is 38.4 Å². The number of anilines is 1. The molecule has 0 bridgehead atoms. The maximum atomic E-state index is 14.6. The number of benzene rings is 8. The summed E-state index contributed by atoms with van der Waals surface area (Å²) in [7, 11) is 0. The van der Waals surface area contributed by atoms with Crippen LogP contribution in [0.5, 0.6) is 0 Å². The van der Waals surface area contributed by atoms with E-state index < -0.39 is 59.9 Å². The molecule has 11 rings (SSSR count). The van der Waals surface area contributed by atoms with Gasteiger partial charge in [-0.05, 0) is 106 Å². The number of halogens is 1. The Labute approximate surface area is 508 Å². The van der Waals surface area contributed by atoms with Crippen molar-refractivity contribution >= 4 is 17.6 Å². The van der Waals surface area contributed by atoms with Crippen molar-refractivity contribution in [3.63, 3.8) is 0 Å². The number of aromatic nitrogens is 3. The van der Waals surface area contributed by atoms with Crippen LogP contribution in [0.3, 0.4) is 0 Å². The molecule has 14 heteroatoms. The third-order valence-corrected chi connectivity index (χ3v) is 16.6. The molecule has 2 heterocycles. The Hall–Kier alpha value is -8.47. The molecule has 2 N–H and O–H groups in total. The van der Waals surface area contributed by atoms with E-state index in [2.05, 4.69) is 39.4 Å². The molecule has 1 aromatic heterocycles. The predicted molar refractivity (Wildman–Crippen MR) is 329 cm³/mol. The third kappa shape index (κ3) is 15.4. The number of esters is 1. The first-order valence-corrected chi connectivity index (χ1v) is 29.9. The molecular formula is C73H73FN4O9. The standard InChI is InChI=1S/C73H73FN4O9/c1-51(79)87-64(59-34-36-61(74)37-35-59)41-40-63-66(78(72(63)80)62-38-29-52(30-39-62)31-42-65-75-50-76-77-65)60-32-27-53(28-33-60)43-44-73(81)70(85-48-57-23-13-5-14-24-57)68(83-46-55-19-9-3-10-20-55)67(82-45-54-17-7-2-8-18-54)69(84-47-56-21-11-4-12-22-56)71(73)86-49-58-25-15-6-16-26-58/h2-30,32-39,50,63-64,66-71,81H,31,40-49H2,1H3,(H,75,76,77)/t63-,64+,66-,67?,68-,69+,70+,71-,73?/m1/s1. The van der Waals surface area contributed by atoms with Gasteiger partial charge in [-0.2, -0.15) is 5.10 Å². The number of H-pyrrole nitrogens is 1. The highest BCUT2D eigenvalue weighted by Gasteiger charge is 2.62. The van der Waals surface area contributed by atoms with Gasteiger partial charge in [-0.1, -0.05) is 200 Å². The van der Waals surface area contributed by atoms with E-state index in [1.807, 2.05) is 181 Å². The van der Waals surface area contributed by atoms with Gasteiger partial charge in [0.1, 0.15) is 60.2 Å². The van der Waals surface area contributed by atoms with Crippen LogP contribution in [0.4, 0.5) is 10.1 Å². The number of β-lactam (4-membered cyclic amide) rings is 1. The van der Waals surface area contributed by atoms with Gasteiger partial charge in [0.05, 0.1) is 45.0 Å². The van der Waals surface area contributed by atoms with E-state index in [0.717, 1.165) is 62.4 Å². The molecule has 0 radical (unpaired) electrons. The van der Waals surface area contributed by atoms with Crippen molar-refractivity contribution in [2.75, 3.05) is 4.90 Å². The molecule has 1 amide bonds. The summed E-state index contributed by atoms with van der Waals surface area (Å²) in [5.41, 5.74) is 7.23. The first-order chi connectivity index (χ1) is 42.6. The fourth-order valence-electron chi connectivity index (χ4n) is 12.1. The van der Waals surface area contributed by atoms with Crippen LogP contribution < -0.4 is 4.90 Å². The van der Waals surface area contributed by atoms with Gasteiger partial charge >= 0.3 is 5.97 Å². The quantitative estimate of drug-likeness (QED) is 0.0356. The van der Waals surface area contributed by atoms with Crippen LogP contribution in [0.1, 0.15) is 94.2 Å². The van der Waals surface area contributed by atoms with Gasteiger partial charge in [-0.25, -0.2) is 9.37 Å². The summed E-state index contributed by atoms with van der Waals surface area (Å²) in [6, 6.07) is 71.6. The monoisotopic (exact) mass is 1170 g/mol. The molecule has 2 aliphatic rings. The topological polar surface area (TPSA) is 155 Å². The molecule has 9 atom stereocenters. The maximum absolute atomic E-state index is 14.6. The average molecular weight is 1170 g/mol. The van der Waals surface area contributed by atoms with Crippen LogP contribution in [0.2, 0.25) is 0 Å². The van der Waals surface area contributed by atoms with Gasteiger partial charge in [0.15, 0.2) is 0 Å². The number of rotatable bonds is 28. The van der Waals surface area contributed by atoms with Gasteiger partial charge in [0.2, 0.25) is 5.91 Å². The largest absolute Gasteiger partial charge is 0.458 e. The molecule has 2 fully saturated rings. The van der Waals surface area contributed by atoms with Crippen molar-refractivity contribution in [3.8, 4) is 0 Å². The summed E-state index contributed by atoms with van der Waals surface area (Å²) in [6.45, 7) is 2.30. The second-order valence-electron chi connectivity index (χ2n) is 22.5. The van der Waals surface area contributed by atoms with E-state index in [4.69, 9.17) is 28.4 Å². The van der Waals surface area contributed by atoms with Crippen LogP contribution in [0, 0.1) is 11.7 Å². The number of aryl methyl sites for hydroxylation is 3. The van der Waals surface area contributed by atoms with E-state index in [1.165, 1.54) is 25.4 Å². The molecular weight excluding hydrogens is 1100 g/mol. The molecule has 446 valence electrons. The second kappa shape index (κ2) is 29.3. The number of hydrogen-bond donors (Lipinski definition) is 2. The molecule has 1 saturated heterocycles. The van der Waals surface area contributed by atoms with Crippen molar-refractivity contribution in [1.82, 2.24) is 15.2 Å². The fourth-order valence-corrected chi connectivity index (χ4v) is 12.1. The highest BCUT2D eigenvalue weighted by molar-refractivity contribution is 6.03. The minimum absolute atomic E-state index is 0.0547. The summed E-state index contributed by atoms with van der Waals surface area (Å²) in [5.74, 6) is -0.593. The van der Waals surface area contributed by atoms with Crippen molar-refractivity contribution < 1.29 is 47.5 Å². The molecule has 2 unspecified atom stereocenters. The van der Waals surface area contributed by atoms with E-state index in [0.29, 0.717) is 31.2 Å². The van der Waals surface area contributed by atoms with E-state index in [-0.39, 0.29) is 51.4 Å². The lowest BCUT2D eigenvalue weighted by molar-refractivity contribution is -0.318. The molecule has 13 nitrogen and oxygen atoms in total. The van der Waals surface area contributed by atoms with Gasteiger partial charge in [0, 0.05) is 19.0 Å². The van der Waals surface area contributed by atoms with Crippen molar-refractivity contribution in [1.29, 1.82) is 0 Å². The summed E-state index contributed by atoms with van der Waals surface area (Å²) in [4.78, 5) is 33.1. The molecule has 87 heavy (non-hydrogen) atoms. The van der Waals surface area contributed by atoms with Gasteiger partial charge in [0.25, 0.3) is 0 Å². The maximum Gasteiger partial charge on any atom is 0.303 e. The molecule has 1 aliphatic carbocycles. The predicted octanol–water partition coefficient (Wildman–Crippen LogP) is 13.1. The lowest BCUT2D eigenvalue weighted by Gasteiger charge is -2.54. The summed E-state index contributed by atoms with van der Waals surface area (Å²) in [6.07, 6.45) is -1.10. The third-order valence-electron chi connectivity index (χ3n) is 16.6. The smallest absolute Gasteiger partial charge is 0.303 e. The Bertz CT molecular complexity index is 3440. The van der Waals surface area contributed by atoms with Crippen LogP contribution in [-0.2, 0) is 90.3 Å².